The molecule has 5 heteroatoms. The molecule has 2 aromatic carbocycles. The Labute approximate surface area is 155 Å². The molecule has 0 aliphatic carbocycles. The molecule has 0 atom stereocenters. The number of aromatic nitrogens is 4. The number of fused-ring (bicyclic) bond motifs is 2. The lowest BCUT2D eigenvalue weighted by Crippen LogP contribution is -1.93. The number of aromatic amines is 1. The third kappa shape index (κ3) is 2.79. The third-order valence-corrected chi connectivity index (χ3v) is 4.82. The third-order valence-electron chi connectivity index (χ3n) is 4.82. The summed E-state index contributed by atoms with van der Waals surface area (Å²) in [6.07, 6.45) is 6.16. The summed E-state index contributed by atoms with van der Waals surface area (Å²) in [5.74, 6) is 0.479. The Bertz CT molecular complexity index is 1260. The summed E-state index contributed by atoms with van der Waals surface area (Å²) in [5, 5.41) is 3.11. The second-order valence-electron chi connectivity index (χ2n) is 6.58. The van der Waals surface area contributed by atoms with Crippen molar-refractivity contribution in [1.82, 2.24) is 19.9 Å². The summed E-state index contributed by atoms with van der Waals surface area (Å²) < 4.78 is 0. The van der Waals surface area contributed by atoms with E-state index in [-0.39, 0.29) is 0 Å². The van der Waals surface area contributed by atoms with Crippen LogP contribution in [0.3, 0.4) is 0 Å². The minimum Gasteiger partial charge on any atom is -0.383 e. The molecule has 5 nitrogen and oxygen atoms in total. The van der Waals surface area contributed by atoms with Gasteiger partial charge in [-0.3, -0.25) is 4.98 Å². The van der Waals surface area contributed by atoms with Crippen molar-refractivity contribution < 1.29 is 0 Å². The summed E-state index contributed by atoms with van der Waals surface area (Å²) >= 11 is 0. The zero-order chi connectivity index (χ0) is 18.2. The van der Waals surface area contributed by atoms with E-state index in [0.29, 0.717) is 5.82 Å². The van der Waals surface area contributed by atoms with Crippen LogP contribution in [0.25, 0.3) is 32.9 Å². The van der Waals surface area contributed by atoms with Crippen molar-refractivity contribution in [2.75, 3.05) is 5.73 Å². The van der Waals surface area contributed by atoms with Crippen LogP contribution in [0.1, 0.15) is 11.3 Å². The zero-order valence-corrected chi connectivity index (χ0v) is 14.6. The molecule has 0 amide bonds. The van der Waals surface area contributed by atoms with E-state index in [0.717, 1.165) is 39.7 Å². The molecule has 0 saturated carbocycles. The van der Waals surface area contributed by atoms with Gasteiger partial charge in [0.25, 0.3) is 0 Å². The fraction of sp³-hybridized carbons (Fsp3) is 0.0455. The van der Waals surface area contributed by atoms with Crippen molar-refractivity contribution in [3.63, 3.8) is 0 Å². The van der Waals surface area contributed by atoms with E-state index in [1.165, 1.54) is 17.3 Å². The van der Waals surface area contributed by atoms with Crippen molar-refractivity contribution in [3.05, 3.63) is 84.6 Å². The lowest BCUT2D eigenvalue weighted by atomic mass is 10.0. The van der Waals surface area contributed by atoms with Gasteiger partial charge in [0.1, 0.15) is 17.8 Å². The minimum absolute atomic E-state index is 0.479. The molecule has 0 unspecified atom stereocenters. The number of H-pyrrole nitrogens is 1. The summed E-state index contributed by atoms with van der Waals surface area (Å²) in [6, 6.07) is 18.9. The Balaban J connectivity index is 1.55. The van der Waals surface area contributed by atoms with Gasteiger partial charge in [-0.15, -0.1) is 0 Å². The molecular weight excluding hydrogens is 334 g/mol. The number of rotatable bonds is 3. The predicted octanol–water partition coefficient (Wildman–Crippen LogP) is 4.35. The number of benzene rings is 2. The maximum Gasteiger partial charge on any atom is 0.143 e. The fourth-order valence-corrected chi connectivity index (χ4v) is 3.47. The molecule has 130 valence electrons. The highest BCUT2D eigenvalue weighted by Gasteiger charge is 2.11. The van der Waals surface area contributed by atoms with Crippen molar-refractivity contribution in [1.29, 1.82) is 0 Å². The van der Waals surface area contributed by atoms with Gasteiger partial charge in [0.05, 0.1) is 5.39 Å². The molecule has 0 radical (unpaired) electrons. The monoisotopic (exact) mass is 351 g/mol. The number of hydrogen-bond donors (Lipinski definition) is 2. The van der Waals surface area contributed by atoms with Crippen LogP contribution in [0.2, 0.25) is 0 Å². The number of nitrogen functional groups attached to an aromatic ring is 1. The van der Waals surface area contributed by atoms with E-state index in [4.69, 9.17) is 5.73 Å². The summed E-state index contributed by atoms with van der Waals surface area (Å²) in [5.41, 5.74) is 11.2. The second-order valence-corrected chi connectivity index (χ2v) is 6.58. The number of pyridine rings is 1. The number of anilines is 1. The number of nitrogens with one attached hydrogen (secondary N) is 1. The van der Waals surface area contributed by atoms with Gasteiger partial charge in [0.2, 0.25) is 0 Å². The molecule has 5 rings (SSSR count). The standard InChI is InChI=1S/C22H17N5/c23-21-20-19(12-25-22(20)27-13-26-21)16-7-6-15-10-18(24-11-17(15)9-16)8-14-4-2-1-3-5-14/h1-7,9-13H,8H2,(H3,23,25,26,27). The van der Waals surface area contributed by atoms with E-state index in [2.05, 4.69) is 68.5 Å². The fourth-order valence-electron chi connectivity index (χ4n) is 3.47. The van der Waals surface area contributed by atoms with Crippen LogP contribution in [0.4, 0.5) is 5.82 Å². The van der Waals surface area contributed by atoms with Gasteiger partial charge in [-0.2, -0.15) is 0 Å². The highest BCUT2D eigenvalue weighted by molar-refractivity contribution is 6.01. The zero-order valence-electron chi connectivity index (χ0n) is 14.6. The Hall–Kier alpha value is -3.73. The number of hydrogen-bond acceptors (Lipinski definition) is 4. The van der Waals surface area contributed by atoms with Crippen molar-refractivity contribution in [2.24, 2.45) is 0 Å². The van der Waals surface area contributed by atoms with Gasteiger partial charge in [-0.25, -0.2) is 9.97 Å². The van der Waals surface area contributed by atoms with E-state index < -0.39 is 0 Å². The second kappa shape index (κ2) is 6.21. The van der Waals surface area contributed by atoms with Gasteiger partial charge in [0, 0.05) is 35.5 Å². The summed E-state index contributed by atoms with van der Waals surface area (Å²) in [7, 11) is 0. The van der Waals surface area contributed by atoms with E-state index in [1.807, 2.05) is 18.5 Å². The van der Waals surface area contributed by atoms with Crippen LogP contribution in [-0.4, -0.2) is 19.9 Å². The molecule has 5 aromatic rings. The highest BCUT2D eigenvalue weighted by atomic mass is 15.0. The van der Waals surface area contributed by atoms with Crippen LogP contribution in [0, 0.1) is 0 Å². The number of nitrogens with zero attached hydrogens (tertiary/aromatic N) is 3. The van der Waals surface area contributed by atoms with Crippen LogP contribution in [0.5, 0.6) is 0 Å². The van der Waals surface area contributed by atoms with Crippen molar-refractivity contribution in [3.8, 4) is 11.1 Å². The molecule has 0 saturated heterocycles. The van der Waals surface area contributed by atoms with Gasteiger partial charge >= 0.3 is 0 Å². The molecule has 27 heavy (non-hydrogen) atoms. The average Bonchev–Trinajstić information content (AvgIpc) is 3.14. The van der Waals surface area contributed by atoms with Crippen molar-refractivity contribution >= 4 is 27.6 Å². The first kappa shape index (κ1) is 15.5. The first-order valence-corrected chi connectivity index (χ1v) is 8.78. The first-order chi connectivity index (χ1) is 13.3. The normalized spacial score (nSPS) is 11.3. The molecule has 0 bridgehead atoms. The smallest absolute Gasteiger partial charge is 0.143 e. The SMILES string of the molecule is Nc1ncnc2[nH]cc(-c3ccc4cc(Cc5ccccc5)ncc4c3)c12. The molecular formula is C22H17N5. The topological polar surface area (TPSA) is 80.5 Å². The molecule has 0 aliphatic rings. The van der Waals surface area contributed by atoms with Gasteiger partial charge < -0.3 is 10.7 Å². The Morgan fingerprint density at radius 2 is 1.78 bits per heavy atom. The lowest BCUT2D eigenvalue weighted by molar-refractivity contribution is 1.09. The van der Waals surface area contributed by atoms with Gasteiger partial charge in [0.15, 0.2) is 0 Å². The van der Waals surface area contributed by atoms with Crippen molar-refractivity contribution in [2.45, 2.75) is 6.42 Å². The average molecular weight is 351 g/mol. The predicted molar refractivity (Wildman–Crippen MR) is 108 cm³/mol. The first-order valence-electron chi connectivity index (χ1n) is 8.78. The quantitative estimate of drug-likeness (QED) is 0.506. The lowest BCUT2D eigenvalue weighted by Gasteiger charge is -2.06. The highest BCUT2D eigenvalue weighted by Crippen LogP contribution is 2.32. The van der Waals surface area contributed by atoms with E-state index in [9.17, 15) is 0 Å². The molecule has 3 aromatic heterocycles. The molecule has 0 spiro atoms. The summed E-state index contributed by atoms with van der Waals surface area (Å²) in [4.78, 5) is 16.2. The Kier molecular flexibility index (Phi) is 3.57. The Morgan fingerprint density at radius 1 is 0.889 bits per heavy atom. The van der Waals surface area contributed by atoms with Crippen LogP contribution in [0.15, 0.2) is 73.3 Å². The molecule has 3 heterocycles. The van der Waals surface area contributed by atoms with Gasteiger partial charge in [-0.1, -0.05) is 42.5 Å². The minimum atomic E-state index is 0.479. The van der Waals surface area contributed by atoms with Crippen LogP contribution >= 0.6 is 0 Å². The maximum absolute atomic E-state index is 6.06. The molecule has 3 N–H and O–H groups in total. The largest absolute Gasteiger partial charge is 0.383 e. The Morgan fingerprint density at radius 3 is 2.67 bits per heavy atom. The van der Waals surface area contributed by atoms with E-state index in [1.54, 1.807) is 0 Å². The molecule has 0 aliphatic heterocycles. The van der Waals surface area contributed by atoms with Crippen LogP contribution < -0.4 is 5.73 Å². The summed E-state index contributed by atoms with van der Waals surface area (Å²) in [6.45, 7) is 0. The number of nitrogens with two attached hydrogens (primary N) is 1. The van der Waals surface area contributed by atoms with Gasteiger partial charge in [-0.05, 0) is 28.6 Å². The maximum atomic E-state index is 6.06. The van der Waals surface area contributed by atoms with E-state index >= 15 is 0 Å². The molecule has 0 fully saturated rings. The van der Waals surface area contributed by atoms with Crippen LogP contribution in [-0.2, 0) is 6.42 Å².